The van der Waals surface area contributed by atoms with Gasteiger partial charge in [0.25, 0.3) is 0 Å². The number of halogens is 1. The Labute approximate surface area is 150 Å². The zero-order chi connectivity index (χ0) is 17.3. The third-order valence-corrected chi connectivity index (χ3v) is 4.22. The van der Waals surface area contributed by atoms with Gasteiger partial charge in [0.1, 0.15) is 5.75 Å². The SMILES string of the molecule is CCOc1ccc(C(=O)CCC(=O)NC(CC)(CC)CN)cc1.Cl. The zero-order valence-corrected chi connectivity index (χ0v) is 15.6. The minimum Gasteiger partial charge on any atom is -0.494 e. The average molecular weight is 357 g/mol. The summed E-state index contributed by atoms with van der Waals surface area (Å²) in [6, 6.07) is 7.00. The van der Waals surface area contributed by atoms with Gasteiger partial charge in [-0.2, -0.15) is 0 Å². The van der Waals surface area contributed by atoms with Crippen LogP contribution in [0.1, 0.15) is 56.8 Å². The molecule has 0 fully saturated rings. The van der Waals surface area contributed by atoms with Crippen molar-refractivity contribution in [1.82, 2.24) is 5.32 Å². The molecule has 0 aliphatic carbocycles. The fourth-order valence-corrected chi connectivity index (χ4v) is 2.40. The van der Waals surface area contributed by atoms with E-state index in [9.17, 15) is 9.59 Å². The summed E-state index contributed by atoms with van der Waals surface area (Å²) in [5.41, 5.74) is 6.00. The quantitative estimate of drug-likeness (QED) is 0.631. The normalized spacial score (nSPS) is 10.7. The van der Waals surface area contributed by atoms with Gasteiger partial charge in [0, 0.05) is 24.9 Å². The number of nitrogens with one attached hydrogen (secondary N) is 1. The Bertz CT molecular complexity index is 505. The van der Waals surface area contributed by atoms with Crippen LogP contribution >= 0.6 is 12.4 Å². The van der Waals surface area contributed by atoms with Crippen LogP contribution in [0.5, 0.6) is 5.75 Å². The van der Waals surface area contributed by atoms with Gasteiger partial charge in [0.15, 0.2) is 5.78 Å². The second kappa shape index (κ2) is 11.0. The highest BCUT2D eigenvalue weighted by Gasteiger charge is 2.26. The number of Topliss-reactive ketones (excluding diaryl/α,β-unsaturated/α-hetero) is 1. The first-order valence-electron chi connectivity index (χ1n) is 8.27. The lowest BCUT2D eigenvalue weighted by Gasteiger charge is -2.31. The number of amides is 1. The lowest BCUT2D eigenvalue weighted by molar-refractivity contribution is -0.123. The fourth-order valence-electron chi connectivity index (χ4n) is 2.40. The van der Waals surface area contributed by atoms with E-state index in [1.54, 1.807) is 24.3 Å². The second-order valence-corrected chi connectivity index (χ2v) is 5.62. The third-order valence-electron chi connectivity index (χ3n) is 4.22. The molecule has 1 aromatic rings. The van der Waals surface area contributed by atoms with Crippen molar-refractivity contribution in [2.45, 2.75) is 52.0 Å². The topological polar surface area (TPSA) is 81.4 Å². The molecule has 0 heterocycles. The van der Waals surface area contributed by atoms with Gasteiger partial charge in [-0.3, -0.25) is 9.59 Å². The van der Waals surface area contributed by atoms with Crippen molar-refractivity contribution in [3.05, 3.63) is 29.8 Å². The van der Waals surface area contributed by atoms with E-state index in [1.165, 1.54) is 0 Å². The highest BCUT2D eigenvalue weighted by Crippen LogP contribution is 2.16. The summed E-state index contributed by atoms with van der Waals surface area (Å²) < 4.78 is 5.34. The van der Waals surface area contributed by atoms with Crippen molar-refractivity contribution in [3.8, 4) is 5.75 Å². The maximum absolute atomic E-state index is 12.1. The predicted octanol–water partition coefficient (Wildman–Crippen LogP) is 3.10. The maximum Gasteiger partial charge on any atom is 0.220 e. The zero-order valence-electron chi connectivity index (χ0n) is 14.8. The summed E-state index contributed by atoms with van der Waals surface area (Å²) in [4.78, 5) is 24.2. The number of nitrogens with two attached hydrogens (primary N) is 1. The van der Waals surface area contributed by atoms with E-state index in [0.717, 1.165) is 18.6 Å². The van der Waals surface area contributed by atoms with Crippen molar-refractivity contribution in [2.24, 2.45) is 5.73 Å². The Hall–Kier alpha value is -1.59. The molecule has 0 radical (unpaired) electrons. The summed E-state index contributed by atoms with van der Waals surface area (Å²) in [5.74, 6) is 0.563. The summed E-state index contributed by atoms with van der Waals surface area (Å²) >= 11 is 0. The first kappa shape index (κ1) is 22.4. The molecular weight excluding hydrogens is 328 g/mol. The monoisotopic (exact) mass is 356 g/mol. The lowest BCUT2D eigenvalue weighted by atomic mass is 9.92. The fraction of sp³-hybridized carbons (Fsp3) is 0.556. The van der Waals surface area contributed by atoms with Crippen LogP contribution in [-0.4, -0.2) is 30.4 Å². The molecule has 1 aromatic carbocycles. The van der Waals surface area contributed by atoms with Gasteiger partial charge < -0.3 is 15.8 Å². The van der Waals surface area contributed by atoms with Crippen molar-refractivity contribution >= 4 is 24.1 Å². The van der Waals surface area contributed by atoms with E-state index in [4.69, 9.17) is 10.5 Å². The third kappa shape index (κ3) is 6.49. The van der Waals surface area contributed by atoms with Crippen molar-refractivity contribution < 1.29 is 14.3 Å². The first-order valence-corrected chi connectivity index (χ1v) is 8.27. The molecule has 24 heavy (non-hydrogen) atoms. The van der Waals surface area contributed by atoms with Crippen LogP contribution in [0, 0.1) is 0 Å². The van der Waals surface area contributed by atoms with Gasteiger partial charge in [0.05, 0.1) is 12.1 Å². The van der Waals surface area contributed by atoms with Gasteiger partial charge in [-0.15, -0.1) is 12.4 Å². The van der Waals surface area contributed by atoms with Crippen LogP contribution in [-0.2, 0) is 4.79 Å². The highest BCUT2D eigenvalue weighted by atomic mass is 35.5. The first-order chi connectivity index (χ1) is 11.0. The van der Waals surface area contributed by atoms with Crippen LogP contribution in [0.2, 0.25) is 0 Å². The van der Waals surface area contributed by atoms with Crippen LogP contribution < -0.4 is 15.8 Å². The van der Waals surface area contributed by atoms with Crippen LogP contribution in [0.15, 0.2) is 24.3 Å². The molecule has 0 spiro atoms. The second-order valence-electron chi connectivity index (χ2n) is 5.62. The predicted molar refractivity (Wildman–Crippen MR) is 98.9 cm³/mol. The number of ether oxygens (including phenoxy) is 1. The summed E-state index contributed by atoms with van der Waals surface area (Å²) in [7, 11) is 0. The van der Waals surface area contributed by atoms with E-state index in [-0.39, 0.29) is 42.5 Å². The molecule has 0 saturated heterocycles. The smallest absolute Gasteiger partial charge is 0.220 e. The van der Waals surface area contributed by atoms with E-state index in [2.05, 4.69) is 5.32 Å². The highest BCUT2D eigenvalue weighted by molar-refractivity contribution is 5.98. The van der Waals surface area contributed by atoms with E-state index in [0.29, 0.717) is 18.7 Å². The van der Waals surface area contributed by atoms with E-state index >= 15 is 0 Å². The molecule has 0 aliphatic heterocycles. The van der Waals surface area contributed by atoms with Crippen molar-refractivity contribution in [1.29, 1.82) is 0 Å². The summed E-state index contributed by atoms with van der Waals surface area (Å²) in [6.45, 7) is 6.90. The largest absolute Gasteiger partial charge is 0.494 e. The molecule has 6 heteroatoms. The Morgan fingerprint density at radius 1 is 1.08 bits per heavy atom. The Balaban J connectivity index is 0.00000529. The number of benzene rings is 1. The molecule has 0 atom stereocenters. The Morgan fingerprint density at radius 2 is 1.67 bits per heavy atom. The molecule has 1 rings (SSSR count). The summed E-state index contributed by atoms with van der Waals surface area (Å²) in [6.07, 6.45) is 1.92. The van der Waals surface area contributed by atoms with Crippen molar-refractivity contribution in [3.63, 3.8) is 0 Å². The molecule has 3 N–H and O–H groups in total. The minimum atomic E-state index is -0.362. The van der Waals surface area contributed by atoms with Crippen LogP contribution in [0.4, 0.5) is 0 Å². The van der Waals surface area contributed by atoms with Crippen LogP contribution in [0.25, 0.3) is 0 Å². The van der Waals surface area contributed by atoms with E-state index in [1.807, 2.05) is 20.8 Å². The maximum atomic E-state index is 12.1. The van der Waals surface area contributed by atoms with Gasteiger partial charge in [-0.05, 0) is 44.0 Å². The molecule has 0 aromatic heterocycles. The number of hydrogen-bond acceptors (Lipinski definition) is 4. The standard InChI is InChI=1S/C18H28N2O3.ClH/c1-4-18(5-2,13-19)20-17(22)12-11-16(21)14-7-9-15(10-8-14)23-6-3;/h7-10H,4-6,11-13,19H2,1-3H3,(H,20,22);1H. The molecule has 0 aliphatic rings. The van der Waals surface area contributed by atoms with Crippen LogP contribution in [0.3, 0.4) is 0 Å². The average Bonchev–Trinajstić information content (AvgIpc) is 2.58. The molecule has 0 saturated carbocycles. The Morgan fingerprint density at radius 3 is 2.12 bits per heavy atom. The summed E-state index contributed by atoms with van der Waals surface area (Å²) in [5, 5.41) is 2.98. The number of rotatable bonds is 10. The van der Waals surface area contributed by atoms with E-state index < -0.39 is 0 Å². The molecule has 1 amide bonds. The Kier molecular flexibility index (Phi) is 10.3. The molecular formula is C18H29ClN2O3. The number of carbonyl (C=O) groups is 2. The molecule has 5 nitrogen and oxygen atoms in total. The lowest BCUT2D eigenvalue weighted by Crippen LogP contribution is -2.52. The molecule has 0 unspecified atom stereocenters. The van der Waals surface area contributed by atoms with Gasteiger partial charge in [-0.25, -0.2) is 0 Å². The number of ketones is 1. The molecule has 0 bridgehead atoms. The van der Waals surface area contributed by atoms with Crippen molar-refractivity contribution in [2.75, 3.05) is 13.2 Å². The number of carbonyl (C=O) groups excluding carboxylic acids is 2. The molecule has 136 valence electrons. The number of hydrogen-bond donors (Lipinski definition) is 2. The van der Waals surface area contributed by atoms with Gasteiger partial charge in [-0.1, -0.05) is 13.8 Å². The van der Waals surface area contributed by atoms with Gasteiger partial charge >= 0.3 is 0 Å². The minimum absolute atomic E-state index is 0. The van der Waals surface area contributed by atoms with Gasteiger partial charge in [0.2, 0.25) is 5.91 Å².